The summed E-state index contributed by atoms with van der Waals surface area (Å²) in [5.74, 6) is -0.327. The molecule has 0 aromatic carbocycles. The van der Waals surface area contributed by atoms with Gasteiger partial charge in [-0.05, 0) is 11.4 Å². The lowest BCUT2D eigenvalue weighted by Crippen LogP contribution is -2.26. The van der Waals surface area contributed by atoms with Crippen molar-refractivity contribution in [1.29, 1.82) is 0 Å². The van der Waals surface area contributed by atoms with Crippen LogP contribution in [0.5, 0.6) is 0 Å². The Bertz CT molecular complexity index is 406. The van der Waals surface area contributed by atoms with E-state index in [1.165, 1.54) is 23.1 Å². The van der Waals surface area contributed by atoms with E-state index in [0.717, 1.165) is 5.56 Å². The zero-order valence-corrected chi connectivity index (χ0v) is 11.6. The molecule has 1 aromatic heterocycles. The van der Waals surface area contributed by atoms with Crippen LogP contribution in [0, 0.1) is 0 Å². The van der Waals surface area contributed by atoms with Crippen molar-refractivity contribution in [3.8, 4) is 0 Å². The average Bonchev–Trinajstić information content (AvgIpc) is 2.77. The number of nitrogens with one attached hydrogen (secondary N) is 1. The first-order valence-electron chi connectivity index (χ1n) is 5.28. The first kappa shape index (κ1) is 15.0. The van der Waals surface area contributed by atoms with E-state index in [2.05, 4.69) is 5.32 Å². The van der Waals surface area contributed by atoms with Gasteiger partial charge in [-0.25, -0.2) is 0 Å². The third-order valence-corrected chi connectivity index (χ3v) is 3.91. The molecule has 100 valence electrons. The molecule has 2 N–H and O–H groups in total. The van der Waals surface area contributed by atoms with Crippen LogP contribution in [-0.2, 0) is 16.1 Å². The highest BCUT2D eigenvalue weighted by Gasteiger charge is 2.12. The predicted molar refractivity (Wildman–Crippen MR) is 72.3 cm³/mol. The number of methoxy groups -OCH3 is 1. The number of carboxylic acids is 1. The van der Waals surface area contributed by atoms with Crippen LogP contribution in [0.2, 0.25) is 0 Å². The first-order valence-corrected chi connectivity index (χ1v) is 7.31. The van der Waals surface area contributed by atoms with Gasteiger partial charge in [-0.3, -0.25) is 9.59 Å². The van der Waals surface area contributed by atoms with Crippen molar-refractivity contribution >= 4 is 35.0 Å². The summed E-state index contributed by atoms with van der Waals surface area (Å²) in [6.45, 7) is 0.876. The summed E-state index contributed by atoms with van der Waals surface area (Å²) in [7, 11) is 1.59. The maximum atomic E-state index is 11.8. The summed E-state index contributed by atoms with van der Waals surface area (Å²) in [6, 6.07) is 1.86. The largest absolute Gasteiger partial charge is 0.481 e. The fourth-order valence-corrected chi connectivity index (χ4v) is 2.67. The minimum absolute atomic E-state index is 0.0593. The second-order valence-electron chi connectivity index (χ2n) is 3.41. The van der Waals surface area contributed by atoms with Crippen molar-refractivity contribution in [3.05, 3.63) is 21.9 Å². The summed E-state index contributed by atoms with van der Waals surface area (Å²) in [4.78, 5) is 22.7. The lowest BCUT2D eigenvalue weighted by Gasteiger charge is -2.05. The van der Waals surface area contributed by atoms with Crippen LogP contribution in [0.3, 0.4) is 0 Å². The Balaban J connectivity index is 2.31. The molecule has 0 fully saturated rings. The molecule has 0 radical (unpaired) electrons. The van der Waals surface area contributed by atoms with Gasteiger partial charge in [0.25, 0.3) is 5.91 Å². The molecule has 0 aliphatic carbocycles. The fourth-order valence-electron chi connectivity index (χ4n) is 1.28. The minimum atomic E-state index is -0.841. The van der Waals surface area contributed by atoms with Gasteiger partial charge in [-0.2, -0.15) is 0 Å². The number of carbonyl (C=O) groups is 2. The molecule has 0 atom stereocenters. The van der Waals surface area contributed by atoms with E-state index in [4.69, 9.17) is 9.84 Å². The van der Waals surface area contributed by atoms with Crippen LogP contribution >= 0.6 is 23.1 Å². The molecule has 0 spiro atoms. The molecule has 0 saturated carbocycles. The van der Waals surface area contributed by atoms with Crippen molar-refractivity contribution < 1.29 is 19.4 Å². The number of aliphatic carboxylic acids is 1. The van der Waals surface area contributed by atoms with Crippen molar-refractivity contribution in [3.63, 3.8) is 0 Å². The number of carbonyl (C=O) groups excluding carboxylic acids is 1. The summed E-state index contributed by atoms with van der Waals surface area (Å²) >= 11 is 2.65. The number of thioether (sulfide) groups is 1. The van der Waals surface area contributed by atoms with Gasteiger partial charge in [0.05, 0.1) is 17.2 Å². The molecule has 1 rings (SSSR count). The first-order chi connectivity index (χ1) is 8.65. The summed E-state index contributed by atoms with van der Waals surface area (Å²) in [5.41, 5.74) is 0.873. The molecule has 0 bridgehead atoms. The molecule has 0 aliphatic rings. The Labute approximate surface area is 114 Å². The summed E-state index contributed by atoms with van der Waals surface area (Å²) in [5, 5.41) is 13.1. The molecular formula is C11H15NO4S2. The van der Waals surface area contributed by atoms with E-state index in [0.29, 0.717) is 23.8 Å². The minimum Gasteiger partial charge on any atom is -0.481 e. The van der Waals surface area contributed by atoms with Gasteiger partial charge in [0.2, 0.25) is 0 Å². The summed E-state index contributed by atoms with van der Waals surface area (Å²) in [6.07, 6.45) is 0. The molecule has 5 nitrogen and oxygen atoms in total. The predicted octanol–water partition coefficient (Wildman–Crippen LogP) is 1.44. The van der Waals surface area contributed by atoms with Crippen molar-refractivity contribution in [1.82, 2.24) is 5.32 Å². The van der Waals surface area contributed by atoms with E-state index < -0.39 is 5.97 Å². The molecule has 18 heavy (non-hydrogen) atoms. The highest BCUT2D eigenvalue weighted by molar-refractivity contribution is 7.99. The Morgan fingerprint density at radius 2 is 2.33 bits per heavy atom. The van der Waals surface area contributed by atoms with Crippen LogP contribution in [0.15, 0.2) is 11.4 Å². The second kappa shape index (κ2) is 8.12. The van der Waals surface area contributed by atoms with E-state index in [1.54, 1.807) is 7.11 Å². The highest BCUT2D eigenvalue weighted by atomic mass is 32.2. The van der Waals surface area contributed by atoms with Crippen molar-refractivity contribution in [2.24, 2.45) is 0 Å². The Morgan fingerprint density at radius 3 is 3.00 bits per heavy atom. The zero-order chi connectivity index (χ0) is 13.4. The van der Waals surface area contributed by atoms with Gasteiger partial charge < -0.3 is 15.2 Å². The quantitative estimate of drug-likeness (QED) is 0.708. The standard InChI is InChI=1S/C11H15NO4S2/c1-16-6-8-2-4-18-10(8)11(15)12-3-5-17-7-9(13)14/h2,4H,3,5-7H2,1H3,(H,12,15)(H,13,14). The molecule has 7 heteroatoms. The zero-order valence-electron chi connectivity index (χ0n) is 9.97. The number of ether oxygens (including phenoxy) is 1. The van der Waals surface area contributed by atoms with Crippen molar-refractivity contribution in [2.45, 2.75) is 6.61 Å². The Hall–Kier alpha value is -1.05. The molecule has 1 heterocycles. The van der Waals surface area contributed by atoms with Gasteiger partial charge in [-0.15, -0.1) is 23.1 Å². The Kier molecular flexibility index (Phi) is 6.77. The second-order valence-corrected chi connectivity index (χ2v) is 5.43. The van der Waals surface area contributed by atoms with Gasteiger partial charge in [0.15, 0.2) is 0 Å². The van der Waals surface area contributed by atoms with E-state index in [-0.39, 0.29) is 11.7 Å². The molecular weight excluding hydrogens is 274 g/mol. The van der Waals surface area contributed by atoms with Crippen LogP contribution in [0.4, 0.5) is 0 Å². The maximum Gasteiger partial charge on any atom is 0.313 e. The van der Waals surface area contributed by atoms with Crippen LogP contribution < -0.4 is 5.32 Å². The number of hydrogen-bond acceptors (Lipinski definition) is 5. The maximum absolute atomic E-state index is 11.8. The molecule has 0 saturated heterocycles. The third-order valence-electron chi connectivity index (χ3n) is 2.01. The SMILES string of the molecule is COCc1ccsc1C(=O)NCCSCC(=O)O. The lowest BCUT2D eigenvalue weighted by molar-refractivity contribution is -0.133. The Morgan fingerprint density at radius 1 is 1.56 bits per heavy atom. The van der Waals surface area contributed by atoms with Crippen LogP contribution in [0.1, 0.15) is 15.2 Å². The van der Waals surface area contributed by atoms with Crippen LogP contribution in [-0.4, -0.2) is 42.1 Å². The number of rotatable bonds is 8. The van der Waals surface area contributed by atoms with E-state index in [1.807, 2.05) is 11.4 Å². The number of thiophene rings is 1. The normalized spacial score (nSPS) is 10.3. The van der Waals surface area contributed by atoms with E-state index >= 15 is 0 Å². The fraction of sp³-hybridized carbons (Fsp3) is 0.455. The molecule has 0 aliphatic heterocycles. The van der Waals surface area contributed by atoms with Crippen LogP contribution in [0.25, 0.3) is 0 Å². The number of carboxylic acid groups (broad SMARTS) is 1. The smallest absolute Gasteiger partial charge is 0.313 e. The summed E-state index contributed by atoms with van der Waals surface area (Å²) < 4.78 is 5.00. The lowest BCUT2D eigenvalue weighted by atomic mass is 10.2. The van der Waals surface area contributed by atoms with Gasteiger partial charge >= 0.3 is 5.97 Å². The van der Waals surface area contributed by atoms with Gasteiger partial charge in [-0.1, -0.05) is 0 Å². The van der Waals surface area contributed by atoms with Gasteiger partial charge in [0, 0.05) is 25.0 Å². The average molecular weight is 289 g/mol. The van der Waals surface area contributed by atoms with Gasteiger partial charge in [0.1, 0.15) is 0 Å². The third kappa shape index (κ3) is 5.07. The highest BCUT2D eigenvalue weighted by Crippen LogP contribution is 2.17. The molecule has 1 amide bonds. The monoisotopic (exact) mass is 289 g/mol. The van der Waals surface area contributed by atoms with E-state index in [9.17, 15) is 9.59 Å². The molecule has 1 aromatic rings. The topological polar surface area (TPSA) is 75.6 Å². The number of hydrogen-bond donors (Lipinski definition) is 2. The van der Waals surface area contributed by atoms with Crippen molar-refractivity contribution in [2.75, 3.05) is 25.2 Å². The molecule has 0 unspecified atom stereocenters. The number of amides is 1.